The second-order valence-corrected chi connectivity index (χ2v) is 6.61. The van der Waals surface area contributed by atoms with Gasteiger partial charge in [0.2, 0.25) is 0 Å². The molecule has 0 fully saturated rings. The Hall–Kier alpha value is -3.32. The normalized spacial score (nSPS) is 15.2. The lowest BCUT2D eigenvalue weighted by atomic mass is 9.82. The van der Waals surface area contributed by atoms with Gasteiger partial charge in [-0.2, -0.15) is 0 Å². The molecule has 0 radical (unpaired) electrons. The molecular formula is C25H18O. The number of allylic oxidation sites excluding steroid dienone is 1. The molecule has 0 bridgehead atoms. The molecule has 1 unspecified atom stereocenters. The number of hydrogen-bond acceptors (Lipinski definition) is 1. The first kappa shape index (κ1) is 15.0. The minimum absolute atomic E-state index is 0.277. The Bertz CT molecular complexity index is 1090. The summed E-state index contributed by atoms with van der Waals surface area (Å²) in [5.41, 5.74) is 3.96. The van der Waals surface area contributed by atoms with Crippen LogP contribution in [0.5, 0.6) is 11.5 Å². The molecule has 0 aliphatic heterocycles. The van der Waals surface area contributed by atoms with Gasteiger partial charge in [-0.3, -0.25) is 0 Å². The number of hydrogen-bond donors (Lipinski definition) is 0. The molecule has 0 spiro atoms. The molecule has 0 heterocycles. The molecule has 0 N–H and O–H groups in total. The van der Waals surface area contributed by atoms with E-state index < -0.39 is 0 Å². The van der Waals surface area contributed by atoms with Gasteiger partial charge >= 0.3 is 0 Å². The molecule has 1 aliphatic rings. The van der Waals surface area contributed by atoms with Gasteiger partial charge in [-0.1, -0.05) is 78.9 Å². The Balaban J connectivity index is 1.49. The fraction of sp³-hybridized carbons (Fsp3) is 0.0400. The van der Waals surface area contributed by atoms with Crippen molar-refractivity contribution < 1.29 is 4.74 Å². The molecule has 0 aromatic heterocycles. The zero-order valence-corrected chi connectivity index (χ0v) is 14.3. The summed E-state index contributed by atoms with van der Waals surface area (Å²) in [6, 6.07) is 31.4. The molecule has 124 valence electrons. The second kappa shape index (κ2) is 6.20. The molecule has 1 nitrogen and oxygen atoms in total. The van der Waals surface area contributed by atoms with Gasteiger partial charge in [-0.05, 0) is 51.7 Å². The molecule has 26 heavy (non-hydrogen) atoms. The van der Waals surface area contributed by atoms with Crippen molar-refractivity contribution in [2.75, 3.05) is 0 Å². The van der Waals surface area contributed by atoms with Gasteiger partial charge in [0.1, 0.15) is 11.5 Å². The van der Waals surface area contributed by atoms with Crippen molar-refractivity contribution in [1.29, 1.82) is 0 Å². The van der Waals surface area contributed by atoms with Gasteiger partial charge in [0.15, 0.2) is 0 Å². The maximum Gasteiger partial charge on any atom is 0.127 e. The Morgan fingerprint density at radius 2 is 1.35 bits per heavy atom. The van der Waals surface area contributed by atoms with Gasteiger partial charge < -0.3 is 4.74 Å². The van der Waals surface area contributed by atoms with E-state index in [4.69, 9.17) is 4.74 Å². The Morgan fingerprint density at radius 1 is 0.615 bits per heavy atom. The van der Waals surface area contributed by atoms with E-state index in [1.165, 1.54) is 27.5 Å². The highest BCUT2D eigenvalue weighted by Gasteiger charge is 2.18. The fourth-order valence-electron chi connectivity index (χ4n) is 3.76. The smallest absolute Gasteiger partial charge is 0.127 e. The van der Waals surface area contributed by atoms with Crippen molar-refractivity contribution >= 4 is 16.8 Å². The van der Waals surface area contributed by atoms with Crippen molar-refractivity contribution in [2.24, 2.45) is 0 Å². The summed E-state index contributed by atoms with van der Waals surface area (Å²) in [4.78, 5) is 0. The summed E-state index contributed by atoms with van der Waals surface area (Å²) in [6.45, 7) is 0. The molecule has 1 aliphatic carbocycles. The average molecular weight is 334 g/mol. The first-order valence-electron chi connectivity index (χ1n) is 8.91. The SMILES string of the molecule is C1=CC(c2ccc(Oc3ccccc3)cc2)c2cccc3cccc1c23. The van der Waals surface area contributed by atoms with E-state index in [0.29, 0.717) is 0 Å². The van der Waals surface area contributed by atoms with Crippen molar-refractivity contribution in [2.45, 2.75) is 5.92 Å². The Morgan fingerprint density at radius 3 is 2.15 bits per heavy atom. The van der Waals surface area contributed by atoms with Crippen LogP contribution in [0, 0.1) is 0 Å². The summed E-state index contributed by atoms with van der Waals surface area (Å²) in [5, 5.41) is 2.67. The van der Waals surface area contributed by atoms with Gasteiger partial charge in [-0.25, -0.2) is 0 Å². The molecule has 0 saturated carbocycles. The molecular weight excluding hydrogens is 316 g/mol. The topological polar surface area (TPSA) is 9.23 Å². The maximum atomic E-state index is 5.92. The Labute approximate surface area is 153 Å². The third kappa shape index (κ3) is 2.58. The van der Waals surface area contributed by atoms with Crippen LogP contribution < -0.4 is 4.74 Å². The summed E-state index contributed by atoms with van der Waals surface area (Å²) in [5.74, 6) is 1.99. The molecule has 0 saturated heterocycles. The maximum absolute atomic E-state index is 5.92. The van der Waals surface area contributed by atoms with E-state index in [1.54, 1.807) is 0 Å². The first-order chi connectivity index (χ1) is 12.9. The highest BCUT2D eigenvalue weighted by atomic mass is 16.5. The van der Waals surface area contributed by atoms with Gasteiger partial charge in [-0.15, -0.1) is 0 Å². The number of ether oxygens (including phenoxy) is 1. The summed E-state index contributed by atoms with van der Waals surface area (Å²) < 4.78 is 5.92. The monoisotopic (exact) mass is 334 g/mol. The predicted octanol–water partition coefficient (Wildman–Crippen LogP) is 6.79. The van der Waals surface area contributed by atoms with Gasteiger partial charge in [0, 0.05) is 5.92 Å². The van der Waals surface area contributed by atoms with E-state index in [0.717, 1.165) is 11.5 Å². The van der Waals surface area contributed by atoms with Crippen LogP contribution >= 0.6 is 0 Å². The van der Waals surface area contributed by atoms with Crippen molar-refractivity contribution in [1.82, 2.24) is 0 Å². The van der Waals surface area contributed by atoms with E-state index in [9.17, 15) is 0 Å². The zero-order valence-electron chi connectivity index (χ0n) is 14.3. The molecule has 5 rings (SSSR count). The van der Waals surface area contributed by atoms with Crippen molar-refractivity contribution in [3.05, 3.63) is 114 Å². The largest absolute Gasteiger partial charge is 0.457 e. The third-order valence-electron chi connectivity index (χ3n) is 4.99. The highest BCUT2D eigenvalue weighted by molar-refractivity contribution is 5.96. The minimum atomic E-state index is 0.277. The zero-order chi connectivity index (χ0) is 17.3. The van der Waals surface area contributed by atoms with Gasteiger partial charge in [0.05, 0.1) is 0 Å². The van der Waals surface area contributed by atoms with Crippen LogP contribution in [0.4, 0.5) is 0 Å². The lowest BCUT2D eigenvalue weighted by molar-refractivity contribution is 0.482. The van der Waals surface area contributed by atoms with Crippen LogP contribution in [0.2, 0.25) is 0 Å². The molecule has 1 atom stereocenters. The lowest BCUT2D eigenvalue weighted by Crippen LogP contribution is -2.03. The standard InChI is InChI=1S/C25H18O/c1-2-9-21(10-3-1)26-22-15-12-18(13-16-22)23-17-14-20-7-4-6-19-8-5-11-24(23)25(19)20/h1-17,23H. The fourth-order valence-corrected chi connectivity index (χ4v) is 3.76. The molecule has 4 aromatic rings. The third-order valence-corrected chi connectivity index (χ3v) is 4.99. The average Bonchev–Trinajstić information content (AvgIpc) is 2.70. The highest BCUT2D eigenvalue weighted by Crippen LogP contribution is 2.38. The van der Waals surface area contributed by atoms with E-state index in [2.05, 4.69) is 72.8 Å². The van der Waals surface area contributed by atoms with Gasteiger partial charge in [0.25, 0.3) is 0 Å². The van der Waals surface area contributed by atoms with Crippen LogP contribution in [-0.4, -0.2) is 0 Å². The molecule has 1 heteroatoms. The second-order valence-electron chi connectivity index (χ2n) is 6.61. The van der Waals surface area contributed by atoms with Crippen LogP contribution in [0.25, 0.3) is 16.8 Å². The van der Waals surface area contributed by atoms with Crippen molar-refractivity contribution in [3.8, 4) is 11.5 Å². The first-order valence-corrected chi connectivity index (χ1v) is 8.91. The lowest BCUT2D eigenvalue weighted by Gasteiger charge is -2.22. The van der Waals surface area contributed by atoms with Crippen LogP contribution in [0.3, 0.4) is 0 Å². The van der Waals surface area contributed by atoms with E-state index >= 15 is 0 Å². The van der Waals surface area contributed by atoms with Crippen LogP contribution in [0.15, 0.2) is 97.1 Å². The van der Waals surface area contributed by atoms with Crippen molar-refractivity contribution in [3.63, 3.8) is 0 Å². The molecule has 4 aromatic carbocycles. The van der Waals surface area contributed by atoms with Crippen LogP contribution in [-0.2, 0) is 0 Å². The molecule has 0 amide bonds. The Kier molecular flexibility index (Phi) is 3.57. The van der Waals surface area contributed by atoms with Crippen LogP contribution in [0.1, 0.15) is 22.6 Å². The number of benzene rings is 4. The summed E-state index contributed by atoms with van der Waals surface area (Å²) in [7, 11) is 0. The number of para-hydroxylation sites is 1. The minimum Gasteiger partial charge on any atom is -0.457 e. The number of rotatable bonds is 3. The predicted molar refractivity (Wildman–Crippen MR) is 108 cm³/mol. The van der Waals surface area contributed by atoms with E-state index in [1.807, 2.05) is 30.3 Å². The van der Waals surface area contributed by atoms with E-state index in [-0.39, 0.29) is 5.92 Å². The summed E-state index contributed by atoms with van der Waals surface area (Å²) >= 11 is 0. The quantitative estimate of drug-likeness (QED) is 0.401. The summed E-state index contributed by atoms with van der Waals surface area (Å²) in [6.07, 6.45) is 4.54.